The van der Waals surface area contributed by atoms with Crippen LogP contribution in [0.2, 0.25) is 0 Å². The highest BCUT2D eigenvalue weighted by Gasteiger charge is 2.16. The number of carbonyl (C=O) groups is 1. The molecule has 4 nitrogen and oxygen atoms in total. The lowest BCUT2D eigenvalue weighted by atomic mass is 10.0. The first-order chi connectivity index (χ1) is 15.4. The van der Waals surface area contributed by atoms with E-state index in [0.29, 0.717) is 29.9 Å². The third-order valence-corrected chi connectivity index (χ3v) is 5.56. The summed E-state index contributed by atoms with van der Waals surface area (Å²) in [7, 11) is 0. The molecule has 3 aromatic carbocycles. The minimum atomic E-state index is -0.721. The molecule has 0 saturated carbocycles. The quantitative estimate of drug-likeness (QED) is 0.222. The molecule has 0 aliphatic heterocycles. The van der Waals surface area contributed by atoms with Crippen LogP contribution in [0.1, 0.15) is 23.6 Å². The Kier molecular flexibility index (Phi) is 7.95. The third kappa shape index (κ3) is 5.71. The lowest BCUT2D eigenvalue weighted by Gasteiger charge is -2.14. The zero-order valence-corrected chi connectivity index (χ0v) is 19.3. The third-order valence-electron chi connectivity index (χ3n) is 4.60. The number of nitrogens with zero attached hydrogens (tertiary/aromatic N) is 1. The summed E-state index contributed by atoms with van der Waals surface area (Å²) in [6.07, 6.45) is 1.75. The van der Waals surface area contributed by atoms with Crippen molar-refractivity contribution >= 4 is 40.3 Å². The monoisotopic (exact) mass is 544 g/mol. The van der Waals surface area contributed by atoms with Gasteiger partial charge in [-0.05, 0) is 77.0 Å². The van der Waals surface area contributed by atoms with Crippen molar-refractivity contribution in [2.45, 2.75) is 13.3 Å². The van der Waals surface area contributed by atoms with Crippen molar-refractivity contribution in [1.82, 2.24) is 0 Å². The first kappa shape index (κ1) is 23.4. The van der Waals surface area contributed by atoms with E-state index in [9.17, 15) is 18.8 Å². The van der Waals surface area contributed by atoms with Crippen LogP contribution in [0, 0.1) is 26.5 Å². The number of halogens is 3. The van der Waals surface area contributed by atoms with E-state index in [1.807, 2.05) is 13.0 Å². The van der Waals surface area contributed by atoms with Gasteiger partial charge in [0.25, 0.3) is 5.91 Å². The molecule has 0 bridgehead atoms. The largest absolute Gasteiger partial charge is 0.494 e. The Bertz CT molecular complexity index is 1220. The molecule has 0 fully saturated rings. The molecule has 0 aromatic heterocycles. The summed E-state index contributed by atoms with van der Waals surface area (Å²) in [6, 6.07) is 17.6. The second kappa shape index (κ2) is 10.9. The lowest BCUT2D eigenvalue weighted by Crippen LogP contribution is -2.14. The Hall–Kier alpha value is -3.25. The van der Waals surface area contributed by atoms with Crippen LogP contribution in [-0.2, 0) is 11.2 Å². The fourth-order valence-corrected chi connectivity index (χ4v) is 3.89. The molecule has 1 amide bonds. The molecule has 0 spiro atoms. The van der Waals surface area contributed by atoms with E-state index < -0.39 is 11.7 Å². The molecule has 1 N–H and O–H groups in total. The number of rotatable bonds is 7. The number of nitrogens with one attached hydrogen (secondary N) is 1. The highest BCUT2D eigenvalue weighted by molar-refractivity contribution is 14.1. The first-order valence-electron chi connectivity index (χ1n) is 9.79. The topological polar surface area (TPSA) is 62.1 Å². The number of para-hydroxylation sites is 1. The van der Waals surface area contributed by atoms with Crippen molar-refractivity contribution in [3.63, 3.8) is 0 Å². The zero-order chi connectivity index (χ0) is 23.1. The predicted octanol–water partition coefficient (Wildman–Crippen LogP) is 6.10. The van der Waals surface area contributed by atoms with Crippen LogP contribution < -0.4 is 10.1 Å². The van der Waals surface area contributed by atoms with Gasteiger partial charge in [-0.1, -0.05) is 30.3 Å². The average molecular weight is 544 g/mol. The van der Waals surface area contributed by atoms with Gasteiger partial charge in [-0.25, -0.2) is 8.78 Å². The van der Waals surface area contributed by atoms with E-state index >= 15 is 0 Å². The zero-order valence-electron chi connectivity index (χ0n) is 17.2. The predicted molar refractivity (Wildman–Crippen MR) is 128 cm³/mol. The number of carbonyl (C=O) groups excluding carboxylic acids is 1. The van der Waals surface area contributed by atoms with Gasteiger partial charge in [-0.3, -0.25) is 4.79 Å². The summed E-state index contributed by atoms with van der Waals surface area (Å²) in [5, 5.41) is 11.9. The molecule has 7 heteroatoms. The van der Waals surface area contributed by atoms with Gasteiger partial charge in [0, 0.05) is 15.6 Å². The van der Waals surface area contributed by atoms with Crippen LogP contribution in [0.25, 0.3) is 6.08 Å². The van der Waals surface area contributed by atoms with Gasteiger partial charge in [0.2, 0.25) is 0 Å². The average Bonchev–Trinajstić information content (AvgIpc) is 2.77. The molecule has 0 atom stereocenters. The fraction of sp³-hybridized carbons (Fsp3) is 0.120. The molecule has 3 rings (SSSR count). The molecule has 0 aliphatic rings. The van der Waals surface area contributed by atoms with Crippen molar-refractivity contribution in [1.29, 1.82) is 5.26 Å². The van der Waals surface area contributed by atoms with Gasteiger partial charge < -0.3 is 10.1 Å². The molecule has 0 heterocycles. The standard InChI is InChI=1S/C25H19F2IN2O2/c1-2-32-24-13-16(12-22(28)19(24)14-17-7-3-4-8-20(17)26)11-18(15-29)25(31)30-23-10-6-5-9-21(23)27/h3-13H,2,14H2,1H3,(H,30,31)/b18-11+. The number of benzene rings is 3. The Morgan fingerprint density at radius 1 is 1.12 bits per heavy atom. The molecule has 32 heavy (non-hydrogen) atoms. The summed E-state index contributed by atoms with van der Waals surface area (Å²) in [5.74, 6) is -1.07. The summed E-state index contributed by atoms with van der Waals surface area (Å²) in [6.45, 7) is 2.23. The smallest absolute Gasteiger partial charge is 0.266 e. The van der Waals surface area contributed by atoms with E-state index in [2.05, 4.69) is 27.9 Å². The first-order valence-corrected chi connectivity index (χ1v) is 10.9. The van der Waals surface area contributed by atoms with Crippen molar-refractivity contribution in [3.05, 3.63) is 98.1 Å². The number of hydrogen-bond acceptors (Lipinski definition) is 3. The van der Waals surface area contributed by atoms with E-state index in [1.165, 1.54) is 30.3 Å². The van der Waals surface area contributed by atoms with Gasteiger partial charge in [0.1, 0.15) is 29.0 Å². The molecule has 162 valence electrons. The fourth-order valence-electron chi connectivity index (χ4n) is 3.07. The maximum absolute atomic E-state index is 14.2. The molecular weight excluding hydrogens is 525 g/mol. The SMILES string of the molecule is CCOc1cc(/C=C(\C#N)C(=O)Nc2ccccc2F)cc(I)c1Cc1ccccc1F. The van der Waals surface area contributed by atoms with Gasteiger partial charge in [0.15, 0.2) is 0 Å². The Labute approximate surface area is 198 Å². The van der Waals surface area contributed by atoms with Gasteiger partial charge in [-0.15, -0.1) is 0 Å². The second-order valence-electron chi connectivity index (χ2n) is 6.78. The van der Waals surface area contributed by atoms with Crippen molar-refractivity contribution < 1.29 is 18.3 Å². The number of hydrogen-bond donors (Lipinski definition) is 1. The van der Waals surface area contributed by atoms with Crippen molar-refractivity contribution in [2.24, 2.45) is 0 Å². The Balaban J connectivity index is 1.93. The molecule has 3 aromatic rings. The number of anilines is 1. The summed E-state index contributed by atoms with van der Waals surface area (Å²) in [4.78, 5) is 12.5. The molecule has 0 unspecified atom stereocenters. The number of amides is 1. The van der Waals surface area contributed by atoms with Crippen LogP contribution in [0.5, 0.6) is 5.75 Å². The van der Waals surface area contributed by atoms with Crippen LogP contribution in [0.4, 0.5) is 14.5 Å². The highest BCUT2D eigenvalue weighted by Crippen LogP contribution is 2.30. The van der Waals surface area contributed by atoms with E-state index in [-0.39, 0.29) is 17.1 Å². The molecule has 0 aliphatic carbocycles. The molecule has 0 saturated heterocycles. The maximum Gasteiger partial charge on any atom is 0.266 e. The van der Waals surface area contributed by atoms with Crippen LogP contribution in [0.15, 0.2) is 66.2 Å². The van der Waals surface area contributed by atoms with Gasteiger partial charge in [-0.2, -0.15) is 5.26 Å². The van der Waals surface area contributed by atoms with Gasteiger partial charge in [0.05, 0.1) is 12.3 Å². The summed E-state index contributed by atoms with van der Waals surface area (Å²) < 4.78 is 34.6. The normalized spacial score (nSPS) is 11.0. The molecule has 0 radical (unpaired) electrons. The lowest BCUT2D eigenvalue weighted by molar-refractivity contribution is -0.112. The van der Waals surface area contributed by atoms with E-state index in [0.717, 1.165) is 9.13 Å². The van der Waals surface area contributed by atoms with Crippen LogP contribution in [0.3, 0.4) is 0 Å². The Morgan fingerprint density at radius 2 is 1.81 bits per heavy atom. The van der Waals surface area contributed by atoms with Crippen molar-refractivity contribution in [3.8, 4) is 11.8 Å². The molecular formula is C25H19F2IN2O2. The highest BCUT2D eigenvalue weighted by atomic mass is 127. The summed E-state index contributed by atoms with van der Waals surface area (Å²) >= 11 is 2.12. The minimum absolute atomic E-state index is 0.0107. The van der Waals surface area contributed by atoms with Crippen LogP contribution in [-0.4, -0.2) is 12.5 Å². The second-order valence-corrected chi connectivity index (χ2v) is 7.95. The minimum Gasteiger partial charge on any atom is -0.494 e. The van der Waals surface area contributed by atoms with E-state index in [1.54, 1.807) is 36.4 Å². The van der Waals surface area contributed by atoms with Crippen molar-refractivity contribution in [2.75, 3.05) is 11.9 Å². The van der Waals surface area contributed by atoms with Crippen LogP contribution >= 0.6 is 22.6 Å². The van der Waals surface area contributed by atoms with Gasteiger partial charge >= 0.3 is 0 Å². The van der Waals surface area contributed by atoms with E-state index in [4.69, 9.17) is 4.74 Å². The maximum atomic E-state index is 14.2. The number of nitriles is 1. The Morgan fingerprint density at radius 3 is 2.47 bits per heavy atom. The number of ether oxygens (including phenoxy) is 1. The summed E-state index contributed by atoms with van der Waals surface area (Å²) in [5.41, 5.74) is 1.72.